The number of nitrogens with zero attached hydrogens (tertiary/aromatic N) is 1. The van der Waals surface area contributed by atoms with Crippen molar-refractivity contribution in [2.75, 3.05) is 41.0 Å². The van der Waals surface area contributed by atoms with Crippen LogP contribution in [0.25, 0.3) is 0 Å². The fourth-order valence-corrected chi connectivity index (χ4v) is 4.79. The molecule has 1 N–H and O–H groups in total. The number of carboxylic acids is 1. The van der Waals surface area contributed by atoms with Crippen LogP contribution in [0.3, 0.4) is 0 Å². The molecule has 2 unspecified atom stereocenters. The summed E-state index contributed by atoms with van der Waals surface area (Å²) in [6.45, 7) is 4.31. The minimum Gasteiger partial charge on any atom is -0.477 e. The quantitative estimate of drug-likeness (QED) is 0.0241. The number of unbranched alkanes of at least 4 members (excludes halogenated alkanes) is 3. The van der Waals surface area contributed by atoms with E-state index in [0.717, 1.165) is 57.8 Å². The largest absolute Gasteiger partial charge is 0.477 e. The van der Waals surface area contributed by atoms with Gasteiger partial charge >= 0.3 is 17.9 Å². The molecule has 8 nitrogen and oxygen atoms in total. The van der Waals surface area contributed by atoms with Crippen molar-refractivity contribution in [3.63, 3.8) is 0 Å². The van der Waals surface area contributed by atoms with Crippen molar-refractivity contribution in [3.8, 4) is 0 Å². The van der Waals surface area contributed by atoms with Gasteiger partial charge in [0.15, 0.2) is 12.1 Å². The molecule has 0 radical (unpaired) electrons. The zero-order chi connectivity index (χ0) is 39.3. The molecule has 0 bridgehead atoms. The van der Waals surface area contributed by atoms with Crippen molar-refractivity contribution in [1.82, 2.24) is 0 Å². The summed E-state index contributed by atoms with van der Waals surface area (Å²) in [4.78, 5) is 36.8. The smallest absolute Gasteiger partial charge is 0.362 e. The molecular formula is C45H70NO7+. The van der Waals surface area contributed by atoms with E-state index in [4.69, 9.17) is 14.2 Å². The van der Waals surface area contributed by atoms with Gasteiger partial charge in [-0.05, 0) is 64.2 Å². The van der Waals surface area contributed by atoms with Crippen molar-refractivity contribution in [2.45, 2.75) is 116 Å². The topological polar surface area (TPSA) is 99.1 Å². The van der Waals surface area contributed by atoms with E-state index in [1.165, 1.54) is 0 Å². The van der Waals surface area contributed by atoms with Gasteiger partial charge < -0.3 is 23.8 Å². The summed E-state index contributed by atoms with van der Waals surface area (Å²) >= 11 is 0. The van der Waals surface area contributed by atoms with Gasteiger partial charge in [0, 0.05) is 19.3 Å². The maximum absolute atomic E-state index is 12.6. The van der Waals surface area contributed by atoms with Gasteiger partial charge in [0.2, 0.25) is 0 Å². The highest BCUT2D eigenvalue weighted by molar-refractivity contribution is 5.72. The highest BCUT2D eigenvalue weighted by Gasteiger charge is 2.31. The molecule has 0 aromatic carbocycles. The Morgan fingerprint density at radius 1 is 0.585 bits per heavy atom. The Labute approximate surface area is 321 Å². The van der Waals surface area contributed by atoms with E-state index in [1.54, 1.807) is 0 Å². The van der Waals surface area contributed by atoms with E-state index in [2.05, 4.69) is 74.6 Å². The summed E-state index contributed by atoms with van der Waals surface area (Å²) in [7, 11) is 5.46. The van der Waals surface area contributed by atoms with E-state index in [9.17, 15) is 19.5 Å². The van der Waals surface area contributed by atoms with Crippen LogP contribution in [0.4, 0.5) is 0 Å². The van der Waals surface area contributed by atoms with E-state index in [0.29, 0.717) is 19.3 Å². The number of carboxylic acid groups (broad SMARTS) is 1. The average molecular weight is 737 g/mol. The standard InChI is InChI=1S/C45H69NO7/c1-6-8-10-12-14-16-18-20-21-22-24-25-27-29-31-33-35-43(47)52-40-41(39-51-38-37-42(45(49)50)46(3,4)5)53-44(48)36-34-32-30-28-26-23-19-17-15-13-11-9-7-2/h8-11,13-17,19-21,23-26,29,31,41-42H,6-7,12,18,22,27-28,30,32-40H2,1-5H3/p+1/b10-8+,11-9+,15-13+,16-14+,19-17+,21-20+,25-24+,26-23+,31-29+. The molecule has 0 saturated heterocycles. The number of hydrogen-bond acceptors (Lipinski definition) is 6. The first-order valence-electron chi connectivity index (χ1n) is 19.5. The SMILES string of the molecule is CC/C=C/C=C/C=C/C=C/CCCCCC(=O)OC(COCCC(C(=O)O)[N+](C)(C)C)COC(=O)CC/C=C/C/C=C/C/C=C/C/C=C/C/C=C/CC. The van der Waals surface area contributed by atoms with Gasteiger partial charge in [-0.25, -0.2) is 4.79 Å². The maximum atomic E-state index is 12.6. The van der Waals surface area contributed by atoms with Crippen LogP contribution in [0.2, 0.25) is 0 Å². The van der Waals surface area contributed by atoms with E-state index in [1.807, 2.05) is 69.8 Å². The molecule has 0 aliphatic rings. The van der Waals surface area contributed by atoms with Crippen LogP contribution in [0.5, 0.6) is 0 Å². The first-order valence-corrected chi connectivity index (χ1v) is 19.5. The molecule has 53 heavy (non-hydrogen) atoms. The molecule has 0 rings (SSSR count). The summed E-state index contributed by atoms with van der Waals surface area (Å²) in [5, 5.41) is 9.59. The molecular weight excluding hydrogens is 666 g/mol. The Balaban J connectivity index is 4.63. The van der Waals surface area contributed by atoms with Crippen LogP contribution in [0.15, 0.2) is 109 Å². The van der Waals surface area contributed by atoms with Crippen molar-refractivity contribution in [1.29, 1.82) is 0 Å². The minimum atomic E-state index is -0.898. The number of allylic oxidation sites excluding steroid dienone is 18. The van der Waals surface area contributed by atoms with Gasteiger partial charge in [0.1, 0.15) is 6.61 Å². The predicted molar refractivity (Wildman–Crippen MR) is 219 cm³/mol. The summed E-state index contributed by atoms with van der Waals surface area (Å²) in [5.41, 5.74) is 0. The molecule has 0 aromatic rings. The van der Waals surface area contributed by atoms with E-state index < -0.39 is 18.1 Å². The third kappa shape index (κ3) is 33.6. The van der Waals surface area contributed by atoms with Gasteiger partial charge in [0.05, 0.1) is 34.4 Å². The van der Waals surface area contributed by atoms with Crippen LogP contribution >= 0.6 is 0 Å². The van der Waals surface area contributed by atoms with Gasteiger partial charge in [-0.15, -0.1) is 0 Å². The zero-order valence-corrected chi connectivity index (χ0v) is 33.4. The monoisotopic (exact) mass is 737 g/mol. The highest BCUT2D eigenvalue weighted by atomic mass is 16.6. The van der Waals surface area contributed by atoms with Crippen molar-refractivity contribution < 1.29 is 38.2 Å². The highest BCUT2D eigenvalue weighted by Crippen LogP contribution is 2.11. The van der Waals surface area contributed by atoms with E-state index in [-0.39, 0.29) is 49.1 Å². The molecule has 0 saturated carbocycles. The Bertz CT molecular complexity index is 1230. The molecule has 296 valence electrons. The predicted octanol–water partition coefficient (Wildman–Crippen LogP) is 10.1. The number of rotatable bonds is 32. The lowest BCUT2D eigenvalue weighted by atomic mass is 10.1. The molecule has 0 spiro atoms. The second kappa shape index (κ2) is 35.0. The van der Waals surface area contributed by atoms with Gasteiger partial charge in [0.25, 0.3) is 0 Å². The first-order chi connectivity index (χ1) is 25.6. The summed E-state index contributed by atoms with van der Waals surface area (Å²) < 4.78 is 17.1. The first kappa shape index (κ1) is 49.0. The average Bonchev–Trinajstić information content (AvgIpc) is 3.11. The number of quaternary nitrogens is 1. The van der Waals surface area contributed by atoms with Gasteiger partial charge in [-0.2, -0.15) is 0 Å². The van der Waals surface area contributed by atoms with Crippen LogP contribution in [-0.2, 0) is 28.6 Å². The van der Waals surface area contributed by atoms with Crippen LogP contribution in [0.1, 0.15) is 104 Å². The summed E-state index contributed by atoms with van der Waals surface area (Å²) in [5.74, 6) is -1.65. The molecule has 2 atom stereocenters. The van der Waals surface area contributed by atoms with Crippen LogP contribution in [-0.4, -0.2) is 80.6 Å². The lowest BCUT2D eigenvalue weighted by Crippen LogP contribution is -2.50. The molecule has 0 heterocycles. The Hall–Kier alpha value is -4.01. The molecule has 0 amide bonds. The number of carbonyl (C=O) groups is 3. The molecule has 0 aliphatic carbocycles. The molecule has 0 fully saturated rings. The molecule has 8 heteroatoms. The van der Waals surface area contributed by atoms with E-state index >= 15 is 0 Å². The number of likely N-dealkylation sites (N-methyl/N-ethyl adjacent to an activating group) is 1. The van der Waals surface area contributed by atoms with Crippen LogP contribution in [0, 0.1) is 0 Å². The third-order valence-electron chi connectivity index (χ3n) is 7.78. The molecule has 0 aromatic heterocycles. The minimum absolute atomic E-state index is 0.0136. The number of esters is 2. The second-order valence-corrected chi connectivity index (χ2v) is 13.5. The van der Waals surface area contributed by atoms with Crippen molar-refractivity contribution in [3.05, 3.63) is 109 Å². The fourth-order valence-electron chi connectivity index (χ4n) is 4.79. The normalized spacial score (nSPS) is 14.2. The third-order valence-corrected chi connectivity index (χ3v) is 7.78. The fraction of sp³-hybridized carbons (Fsp3) is 0.533. The molecule has 0 aliphatic heterocycles. The number of carbonyl (C=O) groups excluding carboxylic acids is 2. The zero-order valence-electron chi connectivity index (χ0n) is 33.4. The maximum Gasteiger partial charge on any atom is 0.362 e. The second-order valence-electron chi connectivity index (χ2n) is 13.5. The lowest BCUT2D eigenvalue weighted by Gasteiger charge is -2.31. The van der Waals surface area contributed by atoms with Gasteiger partial charge in [-0.1, -0.05) is 130 Å². The van der Waals surface area contributed by atoms with Gasteiger partial charge in [-0.3, -0.25) is 9.59 Å². The Kier molecular flexibility index (Phi) is 32.4. The summed E-state index contributed by atoms with van der Waals surface area (Å²) in [6.07, 6.45) is 47.2. The Morgan fingerprint density at radius 3 is 1.70 bits per heavy atom. The summed E-state index contributed by atoms with van der Waals surface area (Å²) in [6, 6.07) is -0.638. The lowest BCUT2D eigenvalue weighted by molar-refractivity contribution is -0.887. The number of ether oxygens (including phenoxy) is 3. The number of aliphatic carboxylic acids is 1. The Morgan fingerprint density at radius 2 is 1.13 bits per heavy atom. The number of hydrogen-bond donors (Lipinski definition) is 1. The van der Waals surface area contributed by atoms with Crippen LogP contribution < -0.4 is 0 Å². The van der Waals surface area contributed by atoms with Crippen molar-refractivity contribution >= 4 is 17.9 Å². The van der Waals surface area contributed by atoms with Crippen molar-refractivity contribution in [2.24, 2.45) is 0 Å².